The second-order valence-corrected chi connectivity index (χ2v) is 23.1. The lowest BCUT2D eigenvalue weighted by atomic mass is 10.1. The zero-order valence-corrected chi connectivity index (χ0v) is 43.9. The summed E-state index contributed by atoms with van der Waals surface area (Å²) in [7, 11) is 2.43. The SMILES string of the molecule is Cc1ncsc1-c1ccc(CNC(=O)[C@H]2C[C@H](O)CN2C(=O)C(CSSC[C@H](NC(=O)CCC(C)C)C(=O)N2C[C@H](O)C[C@H]2C(=O)NCc2ccc(-c3scnc3C)cc2)NC(=O)CCC(C)C)cc1. The number of carbonyl (C=O) groups is 6. The van der Waals surface area contributed by atoms with Crippen LogP contribution in [-0.4, -0.2) is 126 Å². The smallest absolute Gasteiger partial charge is 0.246 e. The Balaban J connectivity index is 1.10. The molecule has 2 aromatic heterocycles. The molecule has 6 atom stereocenters. The van der Waals surface area contributed by atoms with Crippen molar-refractivity contribution < 1.29 is 39.0 Å². The van der Waals surface area contributed by atoms with Gasteiger partial charge in [0.15, 0.2) is 0 Å². The number of hydrogen-bond acceptors (Lipinski definition) is 14. The van der Waals surface area contributed by atoms with Gasteiger partial charge in [0, 0.05) is 63.4 Å². The van der Waals surface area contributed by atoms with E-state index in [0.717, 1.165) is 43.4 Å². The maximum absolute atomic E-state index is 14.4. The Bertz CT molecular complexity index is 2250. The zero-order chi connectivity index (χ0) is 50.5. The standard InChI is InChI=1S/C50H66N8O8S4/c1-29(2)7-17-43(61)55-39(49(65)57-23-37(59)19-41(57)47(63)51-21-33-9-13-35(14-10-33)45-31(5)53-27-67-45)25-69-70-26-40(56-44(62)18-8-30(3)4)50(66)58-24-38(60)20-42(58)48(64)52-22-34-11-15-36(16-12-34)46-32(6)54-28-68-46/h9-16,27-30,37-42,59-60H,7-8,17-26H2,1-6H3,(H,51,63)(H,52,64)(H,55,61)(H,56,62)/t37-,38+,39+,40?,41+,42-/m1/s1. The average molecular weight is 1040 g/mol. The number of β-amino-alcohol motifs (C(OH)–C–C–N with tert-alkyl or cyclic N) is 2. The fourth-order valence-corrected chi connectivity index (χ4v) is 12.2. The van der Waals surface area contributed by atoms with Gasteiger partial charge in [-0.15, -0.1) is 22.7 Å². The lowest BCUT2D eigenvalue weighted by Crippen LogP contribution is -2.54. The van der Waals surface area contributed by atoms with E-state index in [4.69, 9.17) is 0 Å². The molecule has 2 aliphatic heterocycles. The van der Waals surface area contributed by atoms with Crippen molar-refractivity contribution in [1.82, 2.24) is 41.0 Å². The lowest BCUT2D eigenvalue weighted by Gasteiger charge is -2.29. The Hall–Kier alpha value is -4.86. The zero-order valence-electron chi connectivity index (χ0n) is 40.6. The minimum Gasteiger partial charge on any atom is -0.391 e. The summed E-state index contributed by atoms with van der Waals surface area (Å²) in [5, 5.41) is 33.1. The van der Waals surface area contributed by atoms with Gasteiger partial charge in [-0.3, -0.25) is 28.8 Å². The Kier molecular flexibility index (Phi) is 20.2. The van der Waals surface area contributed by atoms with Crippen LogP contribution in [0.3, 0.4) is 0 Å². The first-order chi connectivity index (χ1) is 33.5. The monoisotopic (exact) mass is 1030 g/mol. The van der Waals surface area contributed by atoms with E-state index >= 15 is 0 Å². The van der Waals surface area contributed by atoms with Gasteiger partial charge in [0.25, 0.3) is 0 Å². The molecule has 0 bridgehead atoms. The van der Waals surface area contributed by atoms with Gasteiger partial charge in [-0.05, 0) is 60.8 Å². The molecule has 0 spiro atoms. The first-order valence-corrected chi connectivity index (χ1v) is 28.1. The summed E-state index contributed by atoms with van der Waals surface area (Å²) >= 11 is 3.11. The minimum absolute atomic E-state index is 0.0303. The molecule has 20 heteroatoms. The second-order valence-electron chi connectivity index (χ2n) is 18.8. The summed E-state index contributed by atoms with van der Waals surface area (Å²) in [5.41, 5.74) is 9.23. The summed E-state index contributed by atoms with van der Waals surface area (Å²) in [5.74, 6) is -1.99. The number of benzene rings is 2. The van der Waals surface area contributed by atoms with E-state index in [0.29, 0.717) is 12.8 Å². The lowest BCUT2D eigenvalue weighted by molar-refractivity contribution is -0.141. The molecule has 16 nitrogen and oxygen atoms in total. The third-order valence-corrected chi connectivity index (χ3v) is 16.7. The summed E-state index contributed by atoms with van der Waals surface area (Å²) < 4.78 is 0. The topological polar surface area (TPSA) is 223 Å². The predicted molar refractivity (Wildman–Crippen MR) is 277 cm³/mol. The summed E-state index contributed by atoms with van der Waals surface area (Å²) in [6.45, 7) is 12.1. The van der Waals surface area contributed by atoms with Crippen molar-refractivity contribution in [2.75, 3.05) is 24.6 Å². The van der Waals surface area contributed by atoms with E-state index < -0.39 is 60.0 Å². The summed E-state index contributed by atoms with van der Waals surface area (Å²) in [6.07, 6.45) is -0.286. The number of aliphatic hydroxyl groups is 2. The molecule has 6 amide bonds. The molecule has 0 aliphatic carbocycles. The van der Waals surface area contributed by atoms with Gasteiger partial charge >= 0.3 is 0 Å². The normalized spacial score (nSPS) is 18.8. The highest BCUT2D eigenvalue weighted by atomic mass is 33.1. The van der Waals surface area contributed by atoms with Crippen LogP contribution in [0.5, 0.6) is 0 Å². The highest BCUT2D eigenvalue weighted by molar-refractivity contribution is 8.76. The maximum atomic E-state index is 14.4. The summed E-state index contributed by atoms with van der Waals surface area (Å²) in [6, 6.07) is 11.5. The van der Waals surface area contributed by atoms with E-state index in [9.17, 15) is 39.0 Å². The molecule has 2 aliphatic rings. The molecule has 0 saturated carbocycles. The molecular formula is C50H66N8O8S4. The first kappa shape index (κ1) is 54.5. The van der Waals surface area contributed by atoms with Gasteiger partial charge in [-0.1, -0.05) is 97.8 Å². The predicted octanol–water partition coefficient (Wildman–Crippen LogP) is 5.63. The Labute approximate surface area is 426 Å². The quantitative estimate of drug-likeness (QED) is 0.0393. The fourth-order valence-electron chi connectivity index (χ4n) is 8.29. The van der Waals surface area contributed by atoms with Crippen molar-refractivity contribution >= 4 is 79.7 Å². The number of aryl methyl sites for hydroxylation is 2. The fraction of sp³-hybridized carbons (Fsp3) is 0.520. The van der Waals surface area contributed by atoms with Crippen LogP contribution in [0.15, 0.2) is 59.6 Å². The number of nitrogens with zero attached hydrogens (tertiary/aromatic N) is 4. The molecule has 4 aromatic rings. The molecule has 0 radical (unpaired) electrons. The molecule has 378 valence electrons. The van der Waals surface area contributed by atoms with Crippen LogP contribution >= 0.6 is 44.3 Å². The minimum atomic E-state index is -1.08. The van der Waals surface area contributed by atoms with Crippen molar-refractivity contribution in [3.8, 4) is 20.9 Å². The van der Waals surface area contributed by atoms with Crippen molar-refractivity contribution in [3.05, 3.63) is 82.1 Å². The summed E-state index contributed by atoms with van der Waals surface area (Å²) in [4.78, 5) is 96.1. The molecule has 4 heterocycles. The number of amides is 6. The van der Waals surface area contributed by atoms with E-state index in [2.05, 4.69) is 31.2 Å². The highest BCUT2D eigenvalue weighted by Crippen LogP contribution is 2.30. The number of aromatic nitrogens is 2. The second kappa shape index (κ2) is 26.0. The van der Waals surface area contributed by atoms with Gasteiger partial charge in [0.1, 0.15) is 24.2 Å². The van der Waals surface area contributed by atoms with Crippen LogP contribution < -0.4 is 21.3 Å². The number of hydrogen-bond donors (Lipinski definition) is 6. The Morgan fingerprint density at radius 3 is 1.33 bits per heavy atom. The van der Waals surface area contributed by atoms with Crippen LogP contribution in [-0.2, 0) is 41.9 Å². The van der Waals surface area contributed by atoms with Crippen molar-refractivity contribution in [2.45, 2.75) is 130 Å². The van der Waals surface area contributed by atoms with E-state index in [-0.39, 0.29) is 87.0 Å². The van der Waals surface area contributed by atoms with Crippen LogP contribution in [0.4, 0.5) is 0 Å². The van der Waals surface area contributed by atoms with Crippen LogP contribution in [0, 0.1) is 25.7 Å². The largest absolute Gasteiger partial charge is 0.391 e. The van der Waals surface area contributed by atoms with Crippen molar-refractivity contribution in [1.29, 1.82) is 0 Å². The number of aliphatic hydroxyl groups excluding tert-OH is 2. The third kappa shape index (κ3) is 15.3. The molecule has 2 fully saturated rings. The Morgan fingerprint density at radius 2 is 1.00 bits per heavy atom. The van der Waals surface area contributed by atoms with Crippen molar-refractivity contribution in [2.24, 2.45) is 11.8 Å². The van der Waals surface area contributed by atoms with Gasteiger partial charge in [-0.2, -0.15) is 0 Å². The van der Waals surface area contributed by atoms with Gasteiger partial charge in [0.05, 0.1) is 44.4 Å². The van der Waals surface area contributed by atoms with Crippen LogP contribution in [0.25, 0.3) is 20.9 Å². The third-order valence-electron chi connectivity index (χ3n) is 12.3. The van der Waals surface area contributed by atoms with Crippen LogP contribution in [0.1, 0.15) is 88.7 Å². The van der Waals surface area contributed by atoms with E-state index in [1.807, 2.05) is 90.1 Å². The molecule has 6 rings (SSSR count). The number of likely N-dealkylation sites (tertiary alicyclic amines) is 2. The number of thiazole rings is 2. The average Bonchev–Trinajstić information content (AvgIpc) is 4.16. The van der Waals surface area contributed by atoms with Gasteiger partial charge in [0.2, 0.25) is 35.4 Å². The highest BCUT2D eigenvalue weighted by Gasteiger charge is 2.43. The number of nitrogens with one attached hydrogen (secondary N) is 4. The molecule has 2 aromatic carbocycles. The van der Waals surface area contributed by atoms with Crippen molar-refractivity contribution in [3.63, 3.8) is 0 Å². The molecular weight excluding hydrogens is 969 g/mol. The first-order valence-electron chi connectivity index (χ1n) is 23.8. The van der Waals surface area contributed by atoms with E-state index in [1.165, 1.54) is 31.4 Å². The van der Waals surface area contributed by atoms with Gasteiger partial charge < -0.3 is 41.3 Å². The molecule has 6 N–H and O–H groups in total. The molecule has 70 heavy (non-hydrogen) atoms. The van der Waals surface area contributed by atoms with Crippen LogP contribution in [0.2, 0.25) is 0 Å². The molecule has 1 unspecified atom stereocenters. The van der Waals surface area contributed by atoms with Gasteiger partial charge in [-0.25, -0.2) is 9.97 Å². The Morgan fingerprint density at radius 1 is 0.629 bits per heavy atom. The molecule has 2 saturated heterocycles. The number of rotatable bonds is 23. The number of carbonyl (C=O) groups excluding carboxylic acids is 6. The maximum Gasteiger partial charge on any atom is 0.246 e. The van der Waals surface area contributed by atoms with E-state index in [1.54, 1.807) is 33.7 Å².